The summed E-state index contributed by atoms with van der Waals surface area (Å²) in [6.45, 7) is 0. The summed E-state index contributed by atoms with van der Waals surface area (Å²) in [5, 5.41) is 1.62. The van der Waals surface area contributed by atoms with E-state index in [1.54, 1.807) is 12.3 Å². The van der Waals surface area contributed by atoms with Gasteiger partial charge in [-0.3, -0.25) is 0 Å². The van der Waals surface area contributed by atoms with Crippen molar-refractivity contribution in [1.29, 1.82) is 0 Å². The summed E-state index contributed by atoms with van der Waals surface area (Å²) in [5.74, 6) is 0.177. The average Bonchev–Trinajstić information content (AvgIpc) is 2.17. The van der Waals surface area contributed by atoms with Crippen LogP contribution >= 0.6 is 0 Å². The molecule has 3 heteroatoms. The Bertz CT molecular complexity index is 442. The van der Waals surface area contributed by atoms with Gasteiger partial charge in [0.05, 0.1) is 7.11 Å². The summed E-state index contributed by atoms with van der Waals surface area (Å²) in [7, 11) is 1.52. The normalized spacial score (nSPS) is 10.3. The lowest BCUT2D eigenvalue weighted by molar-refractivity contribution is 0.403. The van der Waals surface area contributed by atoms with Crippen LogP contribution in [0, 0.1) is 5.82 Å². The molecule has 0 bridgehead atoms. The van der Waals surface area contributed by atoms with Gasteiger partial charge in [-0.2, -0.15) is 0 Å². The first-order valence-corrected chi connectivity index (χ1v) is 3.89. The van der Waals surface area contributed by atoms with Crippen molar-refractivity contribution in [1.82, 2.24) is 4.98 Å². The Morgan fingerprint density at radius 3 is 2.92 bits per heavy atom. The topological polar surface area (TPSA) is 22.1 Å². The molecule has 0 saturated heterocycles. The van der Waals surface area contributed by atoms with Crippen molar-refractivity contribution in [2.24, 2.45) is 0 Å². The molecule has 2 aromatic rings. The molecule has 0 atom stereocenters. The quantitative estimate of drug-likeness (QED) is 0.667. The Morgan fingerprint density at radius 1 is 1.31 bits per heavy atom. The number of benzene rings is 1. The van der Waals surface area contributed by atoms with E-state index < -0.39 is 0 Å². The third-order valence-corrected chi connectivity index (χ3v) is 1.88. The van der Waals surface area contributed by atoms with Crippen molar-refractivity contribution in [2.75, 3.05) is 7.11 Å². The van der Waals surface area contributed by atoms with Crippen LogP contribution in [0.2, 0.25) is 0 Å². The van der Waals surface area contributed by atoms with Gasteiger partial charge in [-0.1, -0.05) is 6.07 Å². The molecule has 1 aromatic heterocycles. The van der Waals surface area contributed by atoms with Crippen LogP contribution in [0.4, 0.5) is 4.39 Å². The van der Waals surface area contributed by atoms with E-state index >= 15 is 0 Å². The van der Waals surface area contributed by atoms with E-state index in [2.05, 4.69) is 4.98 Å². The van der Waals surface area contributed by atoms with Crippen molar-refractivity contribution in [3.05, 3.63) is 36.3 Å². The maximum atomic E-state index is 12.9. The summed E-state index contributed by atoms with van der Waals surface area (Å²) in [6, 6.07) is 6.36. The van der Waals surface area contributed by atoms with E-state index in [0.29, 0.717) is 11.3 Å². The van der Waals surface area contributed by atoms with Crippen LogP contribution < -0.4 is 4.74 Å². The lowest BCUT2D eigenvalue weighted by Crippen LogP contribution is -1.88. The van der Waals surface area contributed by atoms with Gasteiger partial charge in [0.2, 0.25) is 5.88 Å². The third-order valence-electron chi connectivity index (χ3n) is 1.88. The van der Waals surface area contributed by atoms with E-state index in [1.807, 2.05) is 6.07 Å². The lowest BCUT2D eigenvalue weighted by Gasteiger charge is -2.02. The van der Waals surface area contributed by atoms with Gasteiger partial charge in [0, 0.05) is 11.6 Å². The second kappa shape index (κ2) is 3.01. The number of pyridine rings is 1. The first-order chi connectivity index (χ1) is 6.31. The number of ether oxygens (including phenoxy) is 1. The van der Waals surface area contributed by atoms with Gasteiger partial charge in [0.1, 0.15) is 5.82 Å². The molecule has 0 amide bonds. The highest BCUT2D eigenvalue weighted by Crippen LogP contribution is 2.22. The minimum Gasteiger partial charge on any atom is -0.481 e. The summed E-state index contributed by atoms with van der Waals surface area (Å²) >= 11 is 0. The summed E-state index contributed by atoms with van der Waals surface area (Å²) in [6.07, 6.45) is 1.64. The first kappa shape index (κ1) is 7.98. The summed E-state index contributed by atoms with van der Waals surface area (Å²) < 4.78 is 17.9. The number of hydrogen-bond acceptors (Lipinski definition) is 2. The molecule has 13 heavy (non-hydrogen) atoms. The van der Waals surface area contributed by atoms with Gasteiger partial charge in [-0.05, 0) is 23.6 Å². The zero-order valence-electron chi connectivity index (χ0n) is 7.12. The predicted octanol–water partition coefficient (Wildman–Crippen LogP) is 2.38. The molecule has 0 saturated carbocycles. The molecular weight excluding hydrogens is 169 g/mol. The molecule has 1 aromatic carbocycles. The number of hydrogen-bond donors (Lipinski definition) is 0. The molecule has 0 N–H and O–H groups in total. The standard InChI is InChI=1S/C10H8FNO/c1-13-10-9-6-8(11)3-2-7(9)4-5-12-10/h2-6H,1H3. The average molecular weight is 177 g/mol. The van der Waals surface area contributed by atoms with Crippen LogP contribution in [0.15, 0.2) is 30.5 Å². The van der Waals surface area contributed by atoms with Crippen molar-refractivity contribution in [3.8, 4) is 5.88 Å². The van der Waals surface area contributed by atoms with Gasteiger partial charge in [-0.15, -0.1) is 0 Å². The molecule has 66 valence electrons. The Hall–Kier alpha value is -1.64. The highest BCUT2D eigenvalue weighted by molar-refractivity contribution is 5.86. The van der Waals surface area contributed by atoms with E-state index in [9.17, 15) is 4.39 Å². The molecule has 0 spiro atoms. The number of nitrogens with zero attached hydrogens (tertiary/aromatic N) is 1. The van der Waals surface area contributed by atoms with Gasteiger partial charge in [-0.25, -0.2) is 9.37 Å². The summed E-state index contributed by atoms with van der Waals surface area (Å²) in [4.78, 5) is 3.98. The van der Waals surface area contributed by atoms with Crippen LogP contribution in [-0.4, -0.2) is 12.1 Å². The van der Waals surface area contributed by atoms with Crippen molar-refractivity contribution in [2.45, 2.75) is 0 Å². The number of halogens is 1. The monoisotopic (exact) mass is 177 g/mol. The number of fused-ring (bicyclic) bond motifs is 1. The molecule has 2 nitrogen and oxygen atoms in total. The predicted molar refractivity (Wildman–Crippen MR) is 48.3 cm³/mol. The van der Waals surface area contributed by atoms with E-state index in [-0.39, 0.29) is 5.82 Å². The van der Waals surface area contributed by atoms with Gasteiger partial charge in [0.25, 0.3) is 0 Å². The zero-order chi connectivity index (χ0) is 9.26. The number of aromatic nitrogens is 1. The lowest BCUT2D eigenvalue weighted by atomic mass is 10.2. The van der Waals surface area contributed by atoms with Crippen LogP contribution in [-0.2, 0) is 0 Å². The number of rotatable bonds is 1. The molecule has 0 aliphatic carbocycles. The Morgan fingerprint density at radius 2 is 2.15 bits per heavy atom. The molecule has 0 aliphatic heterocycles. The first-order valence-electron chi connectivity index (χ1n) is 3.89. The minimum absolute atomic E-state index is 0.279. The van der Waals surface area contributed by atoms with Gasteiger partial charge in [0.15, 0.2) is 0 Å². The fourth-order valence-electron chi connectivity index (χ4n) is 1.28. The highest BCUT2D eigenvalue weighted by Gasteiger charge is 2.02. The smallest absolute Gasteiger partial charge is 0.221 e. The van der Waals surface area contributed by atoms with Crippen LogP contribution in [0.5, 0.6) is 5.88 Å². The molecule has 0 radical (unpaired) electrons. The number of methoxy groups -OCH3 is 1. The Labute approximate surface area is 75.0 Å². The SMILES string of the molecule is COc1nccc2ccc(F)cc12. The maximum absolute atomic E-state index is 12.9. The zero-order valence-corrected chi connectivity index (χ0v) is 7.12. The molecule has 1 heterocycles. The van der Waals surface area contributed by atoms with Gasteiger partial charge < -0.3 is 4.74 Å². The molecular formula is C10H8FNO. The third kappa shape index (κ3) is 1.33. The second-order valence-corrected chi connectivity index (χ2v) is 2.69. The molecule has 0 fully saturated rings. The largest absolute Gasteiger partial charge is 0.481 e. The maximum Gasteiger partial charge on any atom is 0.221 e. The van der Waals surface area contributed by atoms with Gasteiger partial charge >= 0.3 is 0 Å². The van der Waals surface area contributed by atoms with Crippen LogP contribution in [0.3, 0.4) is 0 Å². The van der Waals surface area contributed by atoms with E-state index in [0.717, 1.165) is 5.39 Å². The van der Waals surface area contributed by atoms with Crippen molar-refractivity contribution in [3.63, 3.8) is 0 Å². The van der Waals surface area contributed by atoms with Crippen LogP contribution in [0.25, 0.3) is 10.8 Å². The minimum atomic E-state index is -0.279. The van der Waals surface area contributed by atoms with E-state index in [1.165, 1.54) is 19.2 Å². The molecule has 2 rings (SSSR count). The fourth-order valence-corrected chi connectivity index (χ4v) is 1.28. The second-order valence-electron chi connectivity index (χ2n) is 2.69. The molecule has 0 unspecified atom stereocenters. The Kier molecular flexibility index (Phi) is 1.85. The van der Waals surface area contributed by atoms with Crippen molar-refractivity contribution < 1.29 is 9.13 Å². The van der Waals surface area contributed by atoms with Crippen molar-refractivity contribution >= 4 is 10.8 Å². The van der Waals surface area contributed by atoms with Crippen LogP contribution in [0.1, 0.15) is 0 Å². The van der Waals surface area contributed by atoms with E-state index in [4.69, 9.17) is 4.74 Å². The highest BCUT2D eigenvalue weighted by atomic mass is 19.1. The summed E-state index contributed by atoms with van der Waals surface area (Å²) in [5.41, 5.74) is 0. The molecule has 0 aliphatic rings. The fraction of sp³-hybridized carbons (Fsp3) is 0.100. The Balaban J connectivity index is 2.79.